The Morgan fingerprint density at radius 2 is 2.45 bits per heavy atom. The van der Waals surface area contributed by atoms with Crippen LogP contribution in [0.4, 0.5) is 0 Å². The third kappa shape index (κ3) is 1.63. The lowest BCUT2D eigenvalue weighted by atomic mass is 9.86. The summed E-state index contributed by atoms with van der Waals surface area (Å²) in [6, 6.07) is 0.824. The van der Waals surface area contributed by atoms with E-state index in [-0.39, 0.29) is 6.90 Å². The van der Waals surface area contributed by atoms with Gasteiger partial charge in [-0.2, -0.15) is 0 Å². The van der Waals surface area contributed by atoms with E-state index in [1.807, 2.05) is 0 Å². The SMILES string of the molecule is CC1=CCC2CCNC2C1.O.[HH]. The fourth-order valence-electron chi connectivity index (χ4n) is 2.13. The molecule has 11 heavy (non-hydrogen) atoms. The molecule has 66 valence electrons. The van der Waals surface area contributed by atoms with Crippen LogP contribution in [0.3, 0.4) is 0 Å². The van der Waals surface area contributed by atoms with Crippen LogP contribution in [0, 0.1) is 5.92 Å². The zero-order chi connectivity index (χ0) is 6.97. The molecular weight excluding hydrogens is 138 g/mol. The summed E-state index contributed by atoms with van der Waals surface area (Å²) in [5, 5.41) is 3.55. The van der Waals surface area contributed by atoms with Crippen molar-refractivity contribution >= 4 is 0 Å². The molecule has 0 saturated carbocycles. The van der Waals surface area contributed by atoms with E-state index in [9.17, 15) is 0 Å². The third-order valence-corrected chi connectivity index (χ3v) is 2.80. The first kappa shape index (κ1) is 8.75. The summed E-state index contributed by atoms with van der Waals surface area (Å²) in [5.74, 6) is 0.962. The van der Waals surface area contributed by atoms with E-state index in [1.54, 1.807) is 5.57 Å². The summed E-state index contributed by atoms with van der Waals surface area (Å²) in [5.41, 5.74) is 1.58. The number of hydrogen-bond donors (Lipinski definition) is 1. The highest BCUT2D eigenvalue weighted by Gasteiger charge is 2.28. The first-order valence-corrected chi connectivity index (χ1v) is 4.25. The Morgan fingerprint density at radius 1 is 1.64 bits per heavy atom. The molecule has 1 fully saturated rings. The molecule has 1 aliphatic heterocycles. The molecule has 0 amide bonds. The monoisotopic (exact) mass is 157 g/mol. The molecule has 3 N–H and O–H groups in total. The van der Waals surface area contributed by atoms with Gasteiger partial charge < -0.3 is 10.8 Å². The lowest BCUT2D eigenvalue weighted by Crippen LogP contribution is -2.28. The average molecular weight is 157 g/mol. The summed E-state index contributed by atoms with van der Waals surface area (Å²) in [4.78, 5) is 0. The van der Waals surface area contributed by atoms with Crippen LogP contribution in [0.5, 0.6) is 0 Å². The minimum absolute atomic E-state index is 0. The highest BCUT2D eigenvalue weighted by Crippen LogP contribution is 2.29. The summed E-state index contributed by atoms with van der Waals surface area (Å²) in [7, 11) is 0. The van der Waals surface area contributed by atoms with Crippen molar-refractivity contribution < 1.29 is 6.90 Å². The quantitative estimate of drug-likeness (QED) is 0.526. The number of nitrogens with one attached hydrogen (secondary N) is 1. The lowest BCUT2D eigenvalue weighted by molar-refractivity contribution is 0.428. The summed E-state index contributed by atoms with van der Waals surface area (Å²) < 4.78 is 0. The second-order valence-electron chi connectivity index (χ2n) is 3.60. The Bertz CT molecular complexity index is 170. The lowest BCUT2D eigenvalue weighted by Gasteiger charge is -2.23. The van der Waals surface area contributed by atoms with Gasteiger partial charge in [0.05, 0.1) is 0 Å². The highest BCUT2D eigenvalue weighted by molar-refractivity contribution is 5.09. The smallest absolute Gasteiger partial charge is 0.0136 e. The second kappa shape index (κ2) is 3.37. The first-order chi connectivity index (χ1) is 4.86. The number of fused-ring (bicyclic) bond motifs is 1. The molecule has 0 aromatic heterocycles. The van der Waals surface area contributed by atoms with Crippen LogP contribution < -0.4 is 5.32 Å². The van der Waals surface area contributed by atoms with Gasteiger partial charge in [-0.05, 0) is 38.6 Å². The molecule has 2 rings (SSSR count). The van der Waals surface area contributed by atoms with E-state index < -0.39 is 0 Å². The summed E-state index contributed by atoms with van der Waals surface area (Å²) in [6.07, 6.45) is 6.43. The van der Waals surface area contributed by atoms with Gasteiger partial charge in [0.2, 0.25) is 0 Å². The zero-order valence-electron chi connectivity index (χ0n) is 7.06. The van der Waals surface area contributed by atoms with Crippen LogP contribution in [0.1, 0.15) is 27.6 Å². The topological polar surface area (TPSA) is 43.5 Å². The Morgan fingerprint density at radius 3 is 3.27 bits per heavy atom. The van der Waals surface area contributed by atoms with Crippen molar-refractivity contribution in [2.45, 2.75) is 32.2 Å². The van der Waals surface area contributed by atoms with Gasteiger partial charge in [0.15, 0.2) is 0 Å². The van der Waals surface area contributed by atoms with Crippen molar-refractivity contribution in [3.63, 3.8) is 0 Å². The Balaban J connectivity index is 0.000000605. The van der Waals surface area contributed by atoms with Gasteiger partial charge in [0.1, 0.15) is 0 Å². The van der Waals surface area contributed by atoms with E-state index in [0.29, 0.717) is 0 Å². The van der Waals surface area contributed by atoms with Crippen molar-refractivity contribution in [1.82, 2.24) is 5.32 Å². The molecule has 0 aromatic rings. The first-order valence-electron chi connectivity index (χ1n) is 4.25. The molecule has 0 radical (unpaired) electrons. The standard InChI is InChI=1S/C9H15N.H2O.H2/c1-7-2-3-8-4-5-10-9(8)6-7;;/h2,8-10H,3-6H2,1H3;1H2;1H. The molecule has 0 aromatic carbocycles. The summed E-state index contributed by atoms with van der Waals surface area (Å²) in [6.45, 7) is 3.49. The molecular formula is C9H19NO. The van der Waals surface area contributed by atoms with Crippen LogP contribution in [-0.4, -0.2) is 18.1 Å². The molecule has 1 heterocycles. The Hall–Kier alpha value is -0.340. The number of hydrogen-bond acceptors (Lipinski definition) is 1. The van der Waals surface area contributed by atoms with E-state index in [0.717, 1.165) is 12.0 Å². The fraction of sp³-hybridized carbons (Fsp3) is 0.778. The van der Waals surface area contributed by atoms with E-state index >= 15 is 0 Å². The largest absolute Gasteiger partial charge is 0.412 e. The Labute approximate surface area is 69.5 Å². The van der Waals surface area contributed by atoms with Gasteiger partial charge in [-0.1, -0.05) is 11.6 Å². The molecule has 0 bridgehead atoms. The maximum atomic E-state index is 3.55. The maximum absolute atomic E-state index is 3.55. The number of rotatable bonds is 0. The molecule has 2 heteroatoms. The number of allylic oxidation sites excluding steroid dienone is 1. The zero-order valence-corrected chi connectivity index (χ0v) is 7.06. The normalized spacial score (nSPS) is 35.5. The van der Waals surface area contributed by atoms with Gasteiger partial charge in [0, 0.05) is 7.47 Å². The van der Waals surface area contributed by atoms with Gasteiger partial charge in [0.25, 0.3) is 0 Å². The minimum Gasteiger partial charge on any atom is -0.412 e. The molecule has 2 unspecified atom stereocenters. The van der Waals surface area contributed by atoms with Crippen molar-refractivity contribution in [2.24, 2.45) is 5.92 Å². The predicted octanol–water partition coefficient (Wildman–Crippen LogP) is 1.13. The third-order valence-electron chi connectivity index (χ3n) is 2.80. The van der Waals surface area contributed by atoms with E-state index in [1.165, 1.54) is 25.8 Å². The van der Waals surface area contributed by atoms with Crippen molar-refractivity contribution in [1.29, 1.82) is 0 Å². The molecule has 0 spiro atoms. The van der Waals surface area contributed by atoms with Gasteiger partial charge in [-0.3, -0.25) is 0 Å². The minimum atomic E-state index is 0. The highest BCUT2D eigenvalue weighted by atomic mass is 16.0. The molecule has 1 aliphatic carbocycles. The van der Waals surface area contributed by atoms with Crippen LogP contribution in [-0.2, 0) is 0 Å². The van der Waals surface area contributed by atoms with Crippen molar-refractivity contribution in [3.05, 3.63) is 11.6 Å². The van der Waals surface area contributed by atoms with Crippen molar-refractivity contribution in [3.8, 4) is 0 Å². The van der Waals surface area contributed by atoms with Crippen LogP contribution in [0.25, 0.3) is 0 Å². The summed E-state index contributed by atoms with van der Waals surface area (Å²) >= 11 is 0. The van der Waals surface area contributed by atoms with Gasteiger partial charge in [-0.15, -0.1) is 0 Å². The van der Waals surface area contributed by atoms with Crippen molar-refractivity contribution in [2.75, 3.05) is 6.54 Å². The molecule has 1 saturated heterocycles. The maximum Gasteiger partial charge on any atom is 0.0136 e. The fourth-order valence-corrected chi connectivity index (χ4v) is 2.13. The predicted molar refractivity (Wildman–Crippen MR) is 48.6 cm³/mol. The van der Waals surface area contributed by atoms with Crippen LogP contribution in [0.2, 0.25) is 0 Å². The Kier molecular flexibility index (Phi) is 2.68. The molecule has 2 atom stereocenters. The van der Waals surface area contributed by atoms with E-state index in [4.69, 9.17) is 0 Å². The van der Waals surface area contributed by atoms with Gasteiger partial charge >= 0.3 is 0 Å². The van der Waals surface area contributed by atoms with Crippen LogP contribution in [0.15, 0.2) is 11.6 Å². The molecule has 2 nitrogen and oxygen atoms in total. The average Bonchev–Trinajstić information content (AvgIpc) is 2.33. The van der Waals surface area contributed by atoms with Crippen LogP contribution >= 0.6 is 0 Å². The van der Waals surface area contributed by atoms with Gasteiger partial charge in [-0.25, -0.2) is 0 Å². The second-order valence-corrected chi connectivity index (χ2v) is 3.60. The van der Waals surface area contributed by atoms with E-state index in [2.05, 4.69) is 18.3 Å². The molecule has 2 aliphatic rings.